The molecule has 0 spiro atoms. The fourth-order valence-corrected chi connectivity index (χ4v) is 16.5. The van der Waals surface area contributed by atoms with Crippen molar-refractivity contribution in [1.82, 2.24) is 73.5 Å². The van der Waals surface area contributed by atoms with Gasteiger partial charge in [-0.1, -0.05) is 124 Å². The van der Waals surface area contributed by atoms with Gasteiger partial charge in [-0.2, -0.15) is 22.7 Å². The van der Waals surface area contributed by atoms with Crippen molar-refractivity contribution in [2.45, 2.75) is 123 Å². The number of hydrogen-bond acceptors (Lipinski definition) is 20. The number of hydrogen-bond donors (Lipinski definition) is 0. The summed E-state index contributed by atoms with van der Waals surface area (Å²) in [5, 5.41) is 12.5. The van der Waals surface area contributed by atoms with E-state index in [4.69, 9.17) is 32.6 Å². The Hall–Kier alpha value is -9.57. The van der Waals surface area contributed by atoms with E-state index in [9.17, 15) is 9.65 Å². The SMILES string of the molecule is Cc1cc(C)c(-n2cc(C#N)nc2-c2[c-]cnc3oc(C)nc23)c(C)c1.Cc1cn(-c2c(C(C)C)cccc2C(C)C)c(-c2[c-]ccc3oc(F)nc23)n1.Cc1cnc(-c2[c-]cc(C)c3sc(C)nc23)s1.Cc1nc2c(-c3nc4ccccc4n3-c3c(C)cccc3C)[c-]ccc2s1.Cc1nc2c(-c3ncco3)[c-]ncc2o1.[Ir].[Ir].[Ir].[Ir].[Ir]. The standard InChI is InChI=1S/C23H23FN3O.C23H18N3S.C20H16N5O.C13H11N2S2.C10H6N3O2.5Ir/c1-13(2)16-8-6-9-17(14(3)4)21(16)27-12-15(5)25-22(27)18-10-7-11-19-20(18)26-23(24)28-19;1-14-8-6-9-15(2)22(14)26-19-12-5-4-11-18(19)25-23(26)17-10-7-13-20-21(17)24-16(3)27-20;1-11-7-12(2)18(13(3)8-11)25-10-15(9-21)24-19(25)16-5-6-22-20-17(16)23-14(4)26-20;1-7-4-5-10(13-14-6-8(2)16-13)11-12(7)17-9(3)15-11;1-6-13-9-7(10-12-2-3-14-10)4-11-5-8(9)15-6;;;;;/h6-9,11-14H,1-5H3;4-9,11-13H,1-3H3;6-8,10H,1-4H3;4,6H,1-3H3;2-3,5H,1H3;;;;;/q5*-1;;;;;. The molecule has 20 nitrogen and oxygen atoms in total. The predicted octanol–water partition coefficient (Wildman–Crippen LogP) is 22.3. The van der Waals surface area contributed by atoms with Crippen LogP contribution < -0.4 is 0 Å². The molecule has 0 aliphatic rings. The van der Waals surface area contributed by atoms with Gasteiger partial charge in [0.1, 0.15) is 17.7 Å². The number of para-hydroxylation sites is 4. The molecule has 609 valence electrons. The minimum absolute atomic E-state index is 0. The van der Waals surface area contributed by atoms with Gasteiger partial charge in [0.15, 0.2) is 17.5 Å². The Bertz CT molecular complexity index is 6770. The first kappa shape index (κ1) is 90.7. The summed E-state index contributed by atoms with van der Waals surface area (Å²) in [5.74, 6) is 4.41. The molecule has 0 aliphatic carbocycles. The first-order valence-electron chi connectivity index (χ1n) is 36.4. The van der Waals surface area contributed by atoms with Gasteiger partial charge < -0.3 is 36.4 Å². The Morgan fingerprint density at radius 1 is 0.508 bits per heavy atom. The average molecular weight is 2510 g/mol. The third kappa shape index (κ3) is 18.6. The summed E-state index contributed by atoms with van der Waals surface area (Å²) in [7, 11) is 0. The number of imidazole rings is 3. The number of oxazole rings is 4. The summed E-state index contributed by atoms with van der Waals surface area (Å²) >= 11 is 5.14. The van der Waals surface area contributed by atoms with Gasteiger partial charge in [0.25, 0.3) is 0 Å². The van der Waals surface area contributed by atoms with Crippen molar-refractivity contribution in [3.63, 3.8) is 0 Å². The molecule has 0 saturated carbocycles. The second-order valence-corrected chi connectivity index (χ2v) is 31.6. The van der Waals surface area contributed by atoms with Crippen LogP contribution >= 0.6 is 34.0 Å². The van der Waals surface area contributed by atoms with Gasteiger partial charge in [-0.15, -0.1) is 80.7 Å². The second kappa shape index (κ2) is 38.7. The van der Waals surface area contributed by atoms with Crippen LogP contribution in [0.1, 0.15) is 122 Å². The molecule has 0 N–H and O–H groups in total. The number of nitriles is 1. The fourth-order valence-electron chi connectivity index (χ4n) is 14.0. The molecule has 29 heteroatoms. The fraction of sp³-hybridized carbons (Fsp3) is 0.202. The zero-order chi connectivity index (χ0) is 79.2. The molecule has 0 bridgehead atoms. The number of nitrogens with zero attached hydrogens (tertiary/aromatic N) is 16. The van der Waals surface area contributed by atoms with Crippen molar-refractivity contribution >= 4 is 98.9 Å². The number of rotatable bonds is 10. The van der Waals surface area contributed by atoms with E-state index in [1.54, 1.807) is 84.8 Å². The molecule has 0 fully saturated rings. The van der Waals surface area contributed by atoms with Crippen LogP contribution in [-0.4, -0.2) is 73.5 Å². The molecule has 0 saturated heterocycles. The van der Waals surface area contributed by atoms with Crippen molar-refractivity contribution in [1.29, 1.82) is 5.26 Å². The third-order valence-electron chi connectivity index (χ3n) is 18.7. The molecule has 118 heavy (non-hydrogen) atoms. The molecular formula is C89H74FIr5N16O4S3-5. The van der Waals surface area contributed by atoms with Crippen molar-refractivity contribution in [2.75, 3.05) is 0 Å². The smallest absolute Gasteiger partial charge is 0.371 e. The molecule has 0 atom stereocenters. The van der Waals surface area contributed by atoms with Gasteiger partial charge >= 0.3 is 6.14 Å². The Morgan fingerprint density at radius 2 is 1.14 bits per heavy atom. The van der Waals surface area contributed by atoms with Crippen LogP contribution in [0.25, 0.3) is 138 Å². The van der Waals surface area contributed by atoms with Crippen LogP contribution in [0.2, 0.25) is 0 Å². The number of aromatic nitrogens is 15. The first-order chi connectivity index (χ1) is 54.5. The van der Waals surface area contributed by atoms with Gasteiger partial charge in [-0.3, -0.25) is 44.9 Å². The molecule has 0 unspecified atom stereocenters. The normalized spacial score (nSPS) is 10.9. The maximum absolute atomic E-state index is 13.7. The Morgan fingerprint density at radius 3 is 1.83 bits per heavy atom. The van der Waals surface area contributed by atoms with Gasteiger partial charge in [-0.05, 0) is 153 Å². The summed E-state index contributed by atoms with van der Waals surface area (Å²) in [6, 6.07) is 50.0. The summed E-state index contributed by atoms with van der Waals surface area (Å²) in [6.45, 7) is 33.0. The Kier molecular flexibility index (Phi) is 29.7. The van der Waals surface area contributed by atoms with Gasteiger partial charge in [0, 0.05) is 199 Å². The average Bonchev–Trinajstić information content (AvgIpc) is 1.59. The van der Waals surface area contributed by atoms with Gasteiger partial charge in [-0.25, -0.2) is 9.97 Å². The molecule has 19 rings (SSSR count). The predicted molar refractivity (Wildman–Crippen MR) is 443 cm³/mol. The van der Waals surface area contributed by atoms with Crippen LogP contribution in [0.5, 0.6) is 0 Å². The summed E-state index contributed by atoms with van der Waals surface area (Å²) in [4.78, 5) is 54.0. The van der Waals surface area contributed by atoms with Crippen LogP contribution in [0, 0.1) is 131 Å². The number of aryl methyl sites for hydroxylation is 12. The van der Waals surface area contributed by atoms with E-state index in [0.29, 0.717) is 97.0 Å². The summed E-state index contributed by atoms with van der Waals surface area (Å²) in [5.41, 5.74) is 25.2. The van der Waals surface area contributed by atoms with E-state index in [0.717, 1.165) is 82.2 Å². The number of thiazole rings is 3. The van der Waals surface area contributed by atoms with Crippen molar-refractivity contribution in [2.24, 2.45) is 0 Å². The van der Waals surface area contributed by atoms with Crippen LogP contribution in [-0.2, 0) is 101 Å². The number of benzene rings is 7. The molecule has 0 amide bonds. The third-order valence-corrected chi connectivity index (χ3v) is 21.7. The van der Waals surface area contributed by atoms with E-state index in [1.807, 2.05) is 55.9 Å². The van der Waals surface area contributed by atoms with Crippen LogP contribution in [0.3, 0.4) is 0 Å². The van der Waals surface area contributed by atoms with Gasteiger partial charge in [0.05, 0.1) is 56.3 Å². The Balaban J connectivity index is 0.000000156. The number of fused-ring (bicyclic) bond motifs is 6. The molecule has 12 heterocycles. The monoisotopic (exact) mass is 2510 g/mol. The maximum atomic E-state index is 13.7. The van der Waals surface area contributed by atoms with Crippen molar-refractivity contribution < 1.29 is 123 Å². The van der Waals surface area contributed by atoms with E-state index < -0.39 is 6.14 Å². The van der Waals surface area contributed by atoms with Crippen LogP contribution in [0.4, 0.5) is 4.39 Å². The minimum Gasteiger partial charge on any atom is -0.488 e. The second-order valence-electron chi connectivity index (χ2n) is 27.9. The van der Waals surface area contributed by atoms with E-state index in [1.165, 1.54) is 59.6 Å². The maximum Gasteiger partial charge on any atom is 0.371 e. The summed E-state index contributed by atoms with van der Waals surface area (Å²) < 4.78 is 43.5. The zero-order valence-electron chi connectivity index (χ0n) is 66.6. The van der Waals surface area contributed by atoms with E-state index in [-0.39, 0.29) is 101 Å². The number of pyridine rings is 2. The van der Waals surface area contributed by atoms with Crippen molar-refractivity contribution in [3.05, 3.63) is 266 Å². The summed E-state index contributed by atoms with van der Waals surface area (Å²) in [6.07, 6.45) is 13.8. The minimum atomic E-state index is -0.851. The van der Waals surface area contributed by atoms with Crippen molar-refractivity contribution in [3.8, 4) is 79.3 Å². The van der Waals surface area contributed by atoms with E-state index >= 15 is 0 Å². The Labute approximate surface area is 760 Å². The molecule has 0 aliphatic heterocycles. The van der Waals surface area contributed by atoms with Crippen LogP contribution in [0.15, 0.2) is 164 Å². The molecule has 19 aromatic rings. The first-order valence-corrected chi connectivity index (χ1v) is 38.9. The molecule has 5 radical (unpaired) electrons. The topological polar surface area (TPSA) is 246 Å². The molecular weight excluding hydrogens is 2430 g/mol. The largest absolute Gasteiger partial charge is 0.488 e. The zero-order valence-corrected chi connectivity index (χ0v) is 81.0. The van der Waals surface area contributed by atoms with Gasteiger partial charge in [0.2, 0.25) is 0 Å². The molecule has 7 aromatic carbocycles. The quantitative estimate of drug-likeness (QED) is 0.115. The molecule has 12 aromatic heterocycles. The number of halogens is 1. The van der Waals surface area contributed by atoms with E-state index in [2.05, 4.69) is 239 Å².